The number of fused-ring (bicyclic) bond motifs is 2. The van der Waals surface area contributed by atoms with Crippen molar-refractivity contribution in [2.75, 3.05) is 38.9 Å². The lowest BCUT2D eigenvalue weighted by molar-refractivity contribution is -0.114. The second-order valence-electron chi connectivity index (χ2n) is 6.85. The van der Waals surface area contributed by atoms with E-state index in [0.717, 1.165) is 5.56 Å². The van der Waals surface area contributed by atoms with Gasteiger partial charge in [-0.2, -0.15) is 0 Å². The molecule has 4 rings (SSSR count). The molecule has 8 heteroatoms. The molecule has 0 aliphatic carbocycles. The number of carbonyl (C=O) groups excluding carboxylic acids is 1. The van der Waals surface area contributed by atoms with Crippen LogP contribution in [0.5, 0.6) is 11.5 Å². The molecule has 0 atom stereocenters. The van der Waals surface area contributed by atoms with Crippen molar-refractivity contribution in [1.82, 2.24) is 9.88 Å². The lowest BCUT2D eigenvalue weighted by Gasteiger charge is -2.20. The zero-order valence-electron chi connectivity index (χ0n) is 16.1. The molecule has 1 aliphatic heterocycles. The summed E-state index contributed by atoms with van der Waals surface area (Å²) < 4.78 is 24.9. The van der Waals surface area contributed by atoms with Gasteiger partial charge in [-0.3, -0.25) is 9.69 Å². The number of hydrogen-bond acceptors (Lipinski definition) is 6. The minimum atomic E-state index is -0.318. The van der Waals surface area contributed by atoms with Gasteiger partial charge in [0, 0.05) is 19.2 Å². The largest absolute Gasteiger partial charge is 0.454 e. The summed E-state index contributed by atoms with van der Waals surface area (Å²) >= 11 is 1.30. The van der Waals surface area contributed by atoms with Crippen molar-refractivity contribution in [1.29, 1.82) is 0 Å². The Hall–Kier alpha value is -2.97. The number of nitrogens with zero attached hydrogens (tertiary/aromatic N) is 3. The molecule has 0 saturated carbocycles. The number of likely N-dealkylation sites (N-methyl/N-ethyl adjacent to an activating group) is 1. The summed E-state index contributed by atoms with van der Waals surface area (Å²) in [6.07, 6.45) is 3.25. The molecule has 1 aliphatic rings. The van der Waals surface area contributed by atoms with Gasteiger partial charge in [-0.15, -0.1) is 0 Å². The minimum absolute atomic E-state index is 0.191. The number of ether oxygens (including phenoxy) is 2. The number of carbonyl (C=O) groups is 1. The number of thiazole rings is 1. The zero-order valence-corrected chi connectivity index (χ0v) is 16.9. The molecule has 150 valence electrons. The zero-order chi connectivity index (χ0) is 20.4. The van der Waals surface area contributed by atoms with Gasteiger partial charge in [0.25, 0.3) is 5.91 Å². The summed E-state index contributed by atoms with van der Waals surface area (Å²) in [6.45, 7) is 1.35. The van der Waals surface area contributed by atoms with Crippen molar-refractivity contribution in [2.45, 2.75) is 0 Å². The molecule has 0 saturated heterocycles. The van der Waals surface area contributed by atoms with Crippen LogP contribution in [-0.4, -0.2) is 49.8 Å². The van der Waals surface area contributed by atoms with E-state index in [0.29, 0.717) is 39.9 Å². The number of anilines is 1. The van der Waals surface area contributed by atoms with E-state index in [2.05, 4.69) is 4.98 Å². The minimum Gasteiger partial charge on any atom is -0.454 e. The fourth-order valence-corrected chi connectivity index (χ4v) is 3.90. The molecule has 0 unspecified atom stereocenters. The van der Waals surface area contributed by atoms with E-state index in [9.17, 15) is 9.18 Å². The standard InChI is InChI=1S/C21H20FN3O3S/c1-24(2)9-10-25(21-23-16-6-5-15(22)12-19(16)29-21)20(26)8-4-14-3-7-17-18(11-14)28-13-27-17/h3-8,11-12H,9-10,13H2,1-2H3/b8-4+. The average Bonchev–Trinajstić information content (AvgIpc) is 3.32. The average molecular weight is 413 g/mol. The normalized spacial score (nSPS) is 13.0. The summed E-state index contributed by atoms with van der Waals surface area (Å²) in [4.78, 5) is 21.1. The number of rotatable bonds is 6. The van der Waals surface area contributed by atoms with Crippen LogP contribution in [0.2, 0.25) is 0 Å². The molecule has 6 nitrogen and oxygen atoms in total. The van der Waals surface area contributed by atoms with Crippen LogP contribution in [0.4, 0.5) is 9.52 Å². The summed E-state index contributed by atoms with van der Waals surface area (Å²) in [5.74, 6) is 0.852. The fourth-order valence-electron chi connectivity index (χ4n) is 2.88. The molecule has 0 fully saturated rings. The van der Waals surface area contributed by atoms with E-state index < -0.39 is 0 Å². The third-order valence-corrected chi connectivity index (χ3v) is 5.46. The van der Waals surface area contributed by atoms with Crippen LogP contribution in [0.3, 0.4) is 0 Å². The Morgan fingerprint density at radius 3 is 2.83 bits per heavy atom. The van der Waals surface area contributed by atoms with E-state index in [-0.39, 0.29) is 18.5 Å². The van der Waals surface area contributed by atoms with E-state index in [1.54, 1.807) is 17.0 Å². The van der Waals surface area contributed by atoms with Crippen LogP contribution in [0, 0.1) is 5.82 Å². The van der Waals surface area contributed by atoms with Crippen LogP contribution < -0.4 is 14.4 Å². The van der Waals surface area contributed by atoms with Gasteiger partial charge in [-0.1, -0.05) is 17.4 Å². The van der Waals surface area contributed by atoms with Gasteiger partial charge in [-0.05, 0) is 56.1 Å². The van der Waals surface area contributed by atoms with Crippen molar-refractivity contribution in [3.05, 3.63) is 53.9 Å². The highest BCUT2D eigenvalue weighted by atomic mass is 32.1. The maximum Gasteiger partial charge on any atom is 0.252 e. The SMILES string of the molecule is CN(C)CCN(C(=O)/C=C/c1ccc2c(c1)OCO2)c1nc2ccc(F)cc2s1. The summed E-state index contributed by atoms with van der Waals surface area (Å²) in [5, 5.41) is 0.549. The highest BCUT2D eigenvalue weighted by Gasteiger charge is 2.19. The van der Waals surface area contributed by atoms with Gasteiger partial charge >= 0.3 is 0 Å². The Balaban J connectivity index is 1.58. The topological polar surface area (TPSA) is 54.9 Å². The second-order valence-corrected chi connectivity index (χ2v) is 7.86. The van der Waals surface area contributed by atoms with E-state index in [1.165, 1.54) is 29.5 Å². The monoisotopic (exact) mass is 413 g/mol. The molecule has 1 amide bonds. The lowest BCUT2D eigenvalue weighted by atomic mass is 10.2. The molecular weight excluding hydrogens is 393 g/mol. The number of aromatic nitrogens is 1. The molecule has 0 bridgehead atoms. The molecule has 1 aromatic heterocycles. The fraction of sp³-hybridized carbons (Fsp3) is 0.238. The smallest absolute Gasteiger partial charge is 0.252 e. The van der Waals surface area contributed by atoms with Crippen LogP contribution in [0.1, 0.15) is 5.56 Å². The van der Waals surface area contributed by atoms with Gasteiger partial charge in [-0.25, -0.2) is 9.37 Å². The van der Waals surface area contributed by atoms with Crippen molar-refractivity contribution >= 4 is 38.7 Å². The molecular formula is C21H20FN3O3S. The van der Waals surface area contributed by atoms with E-state index in [1.807, 2.05) is 37.2 Å². The first kappa shape index (κ1) is 19.4. The van der Waals surface area contributed by atoms with Crippen LogP contribution in [0.25, 0.3) is 16.3 Å². The number of halogens is 1. The maximum atomic E-state index is 13.5. The van der Waals surface area contributed by atoms with Crippen LogP contribution in [-0.2, 0) is 4.79 Å². The molecule has 3 aromatic rings. The molecule has 0 spiro atoms. The summed E-state index contributed by atoms with van der Waals surface area (Å²) in [5.41, 5.74) is 1.51. The molecule has 2 heterocycles. The molecule has 29 heavy (non-hydrogen) atoms. The number of hydrogen-bond donors (Lipinski definition) is 0. The van der Waals surface area contributed by atoms with E-state index >= 15 is 0 Å². The molecule has 0 radical (unpaired) electrons. The predicted molar refractivity (Wildman–Crippen MR) is 112 cm³/mol. The first-order valence-corrected chi connectivity index (χ1v) is 9.91. The van der Waals surface area contributed by atoms with Gasteiger partial charge < -0.3 is 14.4 Å². The third-order valence-electron chi connectivity index (χ3n) is 4.42. The van der Waals surface area contributed by atoms with Crippen LogP contribution >= 0.6 is 11.3 Å². The lowest BCUT2D eigenvalue weighted by Crippen LogP contribution is -2.35. The number of benzene rings is 2. The first-order chi connectivity index (χ1) is 14.0. The van der Waals surface area contributed by atoms with Gasteiger partial charge in [0.2, 0.25) is 6.79 Å². The Labute approximate surface area is 171 Å². The van der Waals surface area contributed by atoms with E-state index in [4.69, 9.17) is 9.47 Å². The first-order valence-electron chi connectivity index (χ1n) is 9.10. The predicted octanol–water partition coefficient (Wildman–Crippen LogP) is 3.77. The Morgan fingerprint density at radius 2 is 2.00 bits per heavy atom. The third kappa shape index (κ3) is 4.38. The Bertz CT molecular complexity index is 1080. The van der Waals surface area contributed by atoms with Gasteiger partial charge in [0.05, 0.1) is 10.2 Å². The molecule has 2 aromatic carbocycles. The second kappa shape index (κ2) is 8.18. The Morgan fingerprint density at radius 1 is 1.17 bits per heavy atom. The molecule has 0 N–H and O–H groups in total. The Kier molecular flexibility index (Phi) is 5.46. The van der Waals surface area contributed by atoms with Gasteiger partial charge in [0.1, 0.15) is 5.82 Å². The van der Waals surface area contributed by atoms with Crippen molar-refractivity contribution in [3.63, 3.8) is 0 Å². The number of amides is 1. The quantitative estimate of drug-likeness (QED) is 0.576. The van der Waals surface area contributed by atoms with Gasteiger partial charge in [0.15, 0.2) is 16.6 Å². The highest BCUT2D eigenvalue weighted by Crippen LogP contribution is 2.33. The van der Waals surface area contributed by atoms with Crippen molar-refractivity contribution in [3.8, 4) is 11.5 Å². The summed E-state index contributed by atoms with van der Waals surface area (Å²) in [7, 11) is 3.89. The highest BCUT2D eigenvalue weighted by molar-refractivity contribution is 7.22. The maximum absolute atomic E-state index is 13.5. The summed E-state index contributed by atoms with van der Waals surface area (Å²) in [6, 6.07) is 9.95. The van der Waals surface area contributed by atoms with Crippen molar-refractivity contribution in [2.24, 2.45) is 0 Å². The van der Waals surface area contributed by atoms with Crippen molar-refractivity contribution < 1.29 is 18.7 Å². The van der Waals surface area contributed by atoms with Crippen LogP contribution in [0.15, 0.2) is 42.5 Å².